The minimum Gasteiger partial charge on any atom is -0.497 e. The van der Waals surface area contributed by atoms with Crippen molar-refractivity contribution in [1.29, 1.82) is 0 Å². The zero-order valence-corrected chi connectivity index (χ0v) is 13.6. The summed E-state index contributed by atoms with van der Waals surface area (Å²) in [6, 6.07) is 6.43. The molecule has 1 rings (SSSR count). The molecule has 1 atom stereocenters. The minimum absolute atomic E-state index is 0.281. The number of nitrogens with one attached hydrogen (secondary N) is 1. The van der Waals surface area contributed by atoms with E-state index in [1.54, 1.807) is 40.0 Å². The third-order valence-electron chi connectivity index (χ3n) is 2.75. The van der Waals surface area contributed by atoms with Crippen molar-refractivity contribution in [3.8, 4) is 5.75 Å². The summed E-state index contributed by atoms with van der Waals surface area (Å²) < 4.78 is 15.0. The summed E-state index contributed by atoms with van der Waals surface area (Å²) in [4.78, 5) is 23.7. The van der Waals surface area contributed by atoms with Crippen molar-refractivity contribution in [2.24, 2.45) is 0 Å². The molecule has 0 fully saturated rings. The van der Waals surface area contributed by atoms with E-state index in [2.05, 4.69) is 5.32 Å². The standard InChI is InChI=1S/C16H23NO5/c1-16(2,3)22-15(19)17-13(14(18)21-5)10-11-7-6-8-12(9-11)20-4/h6-9,13H,10H2,1-5H3,(H,17,19)/t13-/m1/s1. The second kappa shape index (κ2) is 7.68. The maximum absolute atomic E-state index is 11.8. The second-order valence-electron chi connectivity index (χ2n) is 5.78. The molecule has 6 nitrogen and oxygen atoms in total. The van der Waals surface area contributed by atoms with Gasteiger partial charge in [-0.2, -0.15) is 0 Å². The molecule has 122 valence electrons. The van der Waals surface area contributed by atoms with Gasteiger partial charge < -0.3 is 19.5 Å². The van der Waals surface area contributed by atoms with Crippen LogP contribution in [0.4, 0.5) is 4.79 Å². The maximum Gasteiger partial charge on any atom is 0.408 e. The van der Waals surface area contributed by atoms with Crippen LogP contribution in [-0.2, 0) is 20.7 Å². The largest absolute Gasteiger partial charge is 0.497 e. The first-order chi connectivity index (χ1) is 10.2. The Kier molecular flexibility index (Phi) is 6.22. The van der Waals surface area contributed by atoms with Gasteiger partial charge in [0.15, 0.2) is 0 Å². The molecule has 0 radical (unpaired) electrons. The molecular weight excluding hydrogens is 286 g/mol. The summed E-state index contributed by atoms with van der Waals surface area (Å²) in [6.07, 6.45) is -0.380. The number of amides is 1. The van der Waals surface area contributed by atoms with Gasteiger partial charge in [-0.1, -0.05) is 12.1 Å². The number of hydrogen-bond acceptors (Lipinski definition) is 5. The van der Waals surface area contributed by atoms with Crippen LogP contribution in [0.25, 0.3) is 0 Å². The zero-order chi connectivity index (χ0) is 16.8. The molecule has 0 bridgehead atoms. The lowest BCUT2D eigenvalue weighted by atomic mass is 10.1. The number of carbonyl (C=O) groups is 2. The molecule has 1 aromatic carbocycles. The van der Waals surface area contributed by atoms with Crippen molar-refractivity contribution in [3.63, 3.8) is 0 Å². The molecule has 0 saturated carbocycles. The fourth-order valence-corrected chi connectivity index (χ4v) is 1.82. The first-order valence-corrected chi connectivity index (χ1v) is 6.95. The number of esters is 1. The Morgan fingerprint density at radius 2 is 1.91 bits per heavy atom. The smallest absolute Gasteiger partial charge is 0.408 e. The first-order valence-electron chi connectivity index (χ1n) is 6.95. The van der Waals surface area contributed by atoms with Gasteiger partial charge in [-0.15, -0.1) is 0 Å². The molecule has 1 amide bonds. The Morgan fingerprint density at radius 3 is 2.45 bits per heavy atom. The number of methoxy groups -OCH3 is 2. The molecule has 6 heteroatoms. The van der Waals surface area contributed by atoms with Crippen LogP contribution in [0, 0.1) is 0 Å². The molecule has 1 N–H and O–H groups in total. The highest BCUT2D eigenvalue weighted by Crippen LogP contribution is 2.15. The lowest BCUT2D eigenvalue weighted by molar-refractivity contribution is -0.143. The molecule has 0 unspecified atom stereocenters. The van der Waals surface area contributed by atoms with Crippen molar-refractivity contribution in [2.45, 2.75) is 38.8 Å². The number of rotatable bonds is 5. The topological polar surface area (TPSA) is 73.9 Å². The third kappa shape index (κ3) is 6.03. The number of hydrogen-bond donors (Lipinski definition) is 1. The number of benzene rings is 1. The Balaban J connectivity index is 2.80. The quantitative estimate of drug-likeness (QED) is 0.845. The highest BCUT2D eigenvalue weighted by molar-refractivity contribution is 5.81. The van der Waals surface area contributed by atoms with E-state index in [0.29, 0.717) is 5.75 Å². The zero-order valence-electron chi connectivity index (χ0n) is 13.6. The number of carbonyl (C=O) groups excluding carboxylic acids is 2. The molecule has 0 heterocycles. The van der Waals surface area contributed by atoms with Crippen molar-refractivity contribution in [2.75, 3.05) is 14.2 Å². The van der Waals surface area contributed by atoms with E-state index >= 15 is 0 Å². The molecule has 0 saturated heterocycles. The Hall–Kier alpha value is -2.24. The van der Waals surface area contributed by atoms with Crippen molar-refractivity contribution in [3.05, 3.63) is 29.8 Å². The Morgan fingerprint density at radius 1 is 1.23 bits per heavy atom. The van der Waals surface area contributed by atoms with Crippen LogP contribution in [0.3, 0.4) is 0 Å². The predicted octanol–water partition coefficient (Wildman–Crippen LogP) is 2.30. The van der Waals surface area contributed by atoms with Gasteiger partial charge in [0.1, 0.15) is 17.4 Å². The average Bonchev–Trinajstić information content (AvgIpc) is 2.44. The van der Waals surface area contributed by atoms with Gasteiger partial charge in [0.2, 0.25) is 0 Å². The fraction of sp³-hybridized carbons (Fsp3) is 0.500. The van der Waals surface area contributed by atoms with E-state index in [1.165, 1.54) is 7.11 Å². The van der Waals surface area contributed by atoms with Gasteiger partial charge in [0, 0.05) is 6.42 Å². The fourth-order valence-electron chi connectivity index (χ4n) is 1.82. The molecular formula is C16H23NO5. The highest BCUT2D eigenvalue weighted by atomic mass is 16.6. The SMILES string of the molecule is COC(=O)[C@@H](Cc1cccc(OC)c1)NC(=O)OC(C)(C)C. The van der Waals surface area contributed by atoms with E-state index in [9.17, 15) is 9.59 Å². The van der Waals surface area contributed by atoms with Crippen LogP contribution in [0.5, 0.6) is 5.75 Å². The second-order valence-corrected chi connectivity index (χ2v) is 5.78. The summed E-state index contributed by atoms with van der Waals surface area (Å²) in [5.41, 5.74) is 0.201. The monoisotopic (exact) mass is 309 g/mol. The summed E-state index contributed by atoms with van der Waals surface area (Å²) in [6.45, 7) is 5.26. The molecule has 1 aromatic rings. The number of ether oxygens (including phenoxy) is 3. The summed E-state index contributed by atoms with van der Waals surface area (Å²) in [5.74, 6) is 0.145. The average molecular weight is 309 g/mol. The van der Waals surface area contributed by atoms with E-state index in [4.69, 9.17) is 14.2 Å². The normalized spacial score (nSPS) is 12.2. The maximum atomic E-state index is 11.8. The summed E-state index contributed by atoms with van der Waals surface area (Å²) in [5, 5.41) is 2.53. The Labute approximate surface area is 130 Å². The highest BCUT2D eigenvalue weighted by Gasteiger charge is 2.25. The summed E-state index contributed by atoms with van der Waals surface area (Å²) >= 11 is 0. The van der Waals surface area contributed by atoms with Gasteiger partial charge in [0.05, 0.1) is 14.2 Å². The van der Waals surface area contributed by atoms with Crippen LogP contribution >= 0.6 is 0 Å². The van der Waals surface area contributed by atoms with E-state index in [0.717, 1.165) is 5.56 Å². The van der Waals surface area contributed by atoms with Gasteiger partial charge in [0.25, 0.3) is 0 Å². The minimum atomic E-state index is -0.827. The molecule has 0 aliphatic carbocycles. The molecule has 0 aromatic heterocycles. The van der Waals surface area contributed by atoms with Crippen LogP contribution in [-0.4, -0.2) is 37.9 Å². The van der Waals surface area contributed by atoms with Gasteiger partial charge in [-0.05, 0) is 38.5 Å². The van der Waals surface area contributed by atoms with Gasteiger partial charge in [-0.3, -0.25) is 0 Å². The molecule has 22 heavy (non-hydrogen) atoms. The van der Waals surface area contributed by atoms with Crippen molar-refractivity contribution in [1.82, 2.24) is 5.32 Å². The van der Waals surface area contributed by atoms with Crippen molar-refractivity contribution >= 4 is 12.1 Å². The molecule has 0 spiro atoms. The van der Waals surface area contributed by atoms with Gasteiger partial charge >= 0.3 is 12.1 Å². The van der Waals surface area contributed by atoms with Crippen LogP contribution < -0.4 is 10.1 Å². The Bertz CT molecular complexity index is 522. The first kappa shape index (κ1) is 17.8. The van der Waals surface area contributed by atoms with Crippen molar-refractivity contribution < 1.29 is 23.8 Å². The molecule has 0 aliphatic heterocycles. The van der Waals surface area contributed by atoms with Crippen LogP contribution in [0.15, 0.2) is 24.3 Å². The number of alkyl carbamates (subject to hydrolysis) is 1. The lowest BCUT2D eigenvalue weighted by Crippen LogP contribution is -2.45. The lowest BCUT2D eigenvalue weighted by Gasteiger charge is -2.22. The van der Waals surface area contributed by atoms with E-state index in [1.807, 2.05) is 12.1 Å². The third-order valence-corrected chi connectivity index (χ3v) is 2.75. The summed E-state index contributed by atoms with van der Waals surface area (Å²) in [7, 11) is 2.84. The predicted molar refractivity (Wildman–Crippen MR) is 81.9 cm³/mol. The van der Waals surface area contributed by atoms with Crippen LogP contribution in [0.2, 0.25) is 0 Å². The molecule has 0 aliphatic rings. The van der Waals surface area contributed by atoms with Gasteiger partial charge in [-0.25, -0.2) is 9.59 Å². The van der Waals surface area contributed by atoms with E-state index < -0.39 is 23.7 Å². The van der Waals surface area contributed by atoms with Crippen LogP contribution in [0.1, 0.15) is 26.3 Å². The van der Waals surface area contributed by atoms with E-state index in [-0.39, 0.29) is 6.42 Å².